The summed E-state index contributed by atoms with van der Waals surface area (Å²) >= 11 is 0. The van der Waals surface area contributed by atoms with Gasteiger partial charge in [0.05, 0.1) is 18.3 Å². The molecule has 1 saturated heterocycles. The molecule has 3 aliphatic rings. The van der Waals surface area contributed by atoms with Crippen LogP contribution in [0.1, 0.15) is 49.4 Å². The van der Waals surface area contributed by atoms with Gasteiger partial charge in [0, 0.05) is 31.0 Å². The zero-order valence-corrected chi connectivity index (χ0v) is 14.9. The molecule has 2 heterocycles. The van der Waals surface area contributed by atoms with E-state index in [4.69, 9.17) is 9.15 Å². The predicted molar refractivity (Wildman–Crippen MR) is 91.8 cm³/mol. The molecular formula is C18H28N4O2. The number of guanidine groups is 1. The lowest BCUT2D eigenvalue weighted by Crippen LogP contribution is -2.69. The van der Waals surface area contributed by atoms with Crippen LogP contribution in [0, 0.1) is 25.2 Å². The highest BCUT2D eigenvalue weighted by Gasteiger charge is 2.65. The van der Waals surface area contributed by atoms with Gasteiger partial charge in [-0.15, -0.1) is 0 Å². The quantitative estimate of drug-likeness (QED) is 0.656. The Morgan fingerprint density at radius 3 is 2.79 bits per heavy atom. The molecule has 6 heteroatoms. The van der Waals surface area contributed by atoms with Gasteiger partial charge in [-0.2, -0.15) is 0 Å². The first-order valence-corrected chi connectivity index (χ1v) is 9.16. The third kappa shape index (κ3) is 2.42. The Morgan fingerprint density at radius 1 is 1.33 bits per heavy atom. The summed E-state index contributed by atoms with van der Waals surface area (Å²) in [7, 11) is 1.82. The molecule has 132 valence electrons. The summed E-state index contributed by atoms with van der Waals surface area (Å²) in [6.45, 7) is 5.38. The number of aliphatic imine (C=N–C) groups is 1. The number of aromatic nitrogens is 1. The summed E-state index contributed by atoms with van der Waals surface area (Å²) < 4.78 is 11.7. The van der Waals surface area contributed by atoms with Crippen molar-refractivity contribution in [3.63, 3.8) is 0 Å². The molecule has 1 aromatic rings. The van der Waals surface area contributed by atoms with E-state index >= 15 is 0 Å². The van der Waals surface area contributed by atoms with Gasteiger partial charge in [0.25, 0.3) is 0 Å². The zero-order chi connectivity index (χ0) is 16.7. The maximum atomic E-state index is 6.06. The summed E-state index contributed by atoms with van der Waals surface area (Å²) in [6.07, 6.45) is 6.84. The van der Waals surface area contributed by atoms with E-state index < -0.39 is 0 Å². The van der Waals surface area contributed by atoms with Crippen LogP contribution in [0.15, 0.2) is 9.41 Å². The van der Waals surface area contributed by atoms with Crippen LogP contribution >= 0.6 is 0 Å². The third-order valence-corrected chi connectivity index (χ3v) is 6.28. The van der Waals surface area contributed by atoms with Crippen LogP contribution in [-0.2, 0) is 11.3 Å². The van der Waals surface area contributed by atoms with Gasteiger partial charge >= 0.3 is 0 Å². The first-order valence-electron chi connectivity index (χ1n) is 9.16. The summed E-state index contributed by atoms with van der Waals surface area (Å²) in [4.78, 5) is 8.83. The van der Waals surface area contributed by atoms with Gasteiger partial charge in [0.2, 0.25) is 5.89 Å². The van der Waals surface area contributed by atoms with Crippen LogP contribution in [0.5, 0.6) is 0 Å². The highest BCUT2D eigenvalue weighted by atomic mass is 16.5. The molecule has 2 saturated carbocycles. The van der Waals surface area contributed by atoms with E-state index in [9.17, 15) is 0 Å². The number of oxazole rings is 1. The molecule has 0 aromatic carbocycles. The largest absolute Gasteiger partial charge is 0.444 e. The van der Waals surface area contributed by atoms with Gasteiger partial charge in [0.15, 0.2) is 5.96 Å². The van der Waals surface area contributed by atoms with Crippen molar-refractivity contribution in [2.24, 2.45) is 16.3 Å². The number of nitrogens with one attached hydrogen (secondary N) is 2. The maximum absolute atomic E-state index is 6.06. The minimum atomic E-state index is 0.328. The summed E-state index contributed by atoms with van der Waals surface area (Å²) in [5.41, 5.74) is 1.28. The number of fused-ring (bicyclic) bond motifs is 2. The van der Waals surface area contributed by atoms with E-state index in [0.717, 1.165) is 24.0 Å². The fourth-order valence-corrected chi connectivity index (χ4v) is 5.02. The molecule has 3 fully saturated rings. The summed E-state index contributed by atoms with van der Waals surface area (Å²) in [5.74, 6) is 3.06. The molecule has 2 aliphatic carbocycles. The predicted octanol–water partition coefficient (Wildman–Crippen LogP) is 2.30. The van der Waals surface area contributed by atoms with E-state index in [2.05, 4.69) is 20.6 Å². The maximum Gasteiger partial charge on any atom is 0.214 e. The van der Waals surface area contributed by atoms with E-state index in [0.29, 0.717) is 35.9 Å². The number of rotatable bonds is 3. The monoisotopic (exact) mass is 332 g/mol. The Bertz CT molecular complexity index is 613. The Labute approximate surface area is 143 Å². The molecule has 1 aliphatic heterocycles. The molecule has 24 heavy (non-hydrogen) atoms. The number of hydrogen-bond acceptors (Lipinski definition) is 4. The van der Waals surface area contributed by atoms with E-state index in [1.54, 1.807) is 0 Å². The van der Waals surface area contributed by atoms with Gasteiger partial charge in [-0.1, -0.05) is 12.8 Å². The average Bonchev–Trinajstić information content (AvgIpc) is 3.28. The van der Waals surface area contributed by atoms with Crippen molar-refractivity contribution < 1.29 is 9.15 Å². The molecule has 0 bridgehead atoms. The molecule has 6 nitrogen and oxygen atoms in total. The van der Waals surface area contributed by atoms with Gasteiger partial charge in [-0.3, -0.25) is 4.99 Å². The standard InChI is InChI=1S/C18H28N4O2/c1-11-12(2)24-14(21-11)10-20-17(19-3)22-15-13-6-9-23-16(13)18(15)7-4-5-8-18/h13,15-16H,4-10H2,1-3H3,(H2,19,20,22). The second kappa shape index (κ2) is 6.06. The van der Waals surface area contributed by atoms with Crippen molar-refractivity contribution in [2.45, 2.75) is 64.6 Å². The molecular weight excluding hydrogens is 304 g/mol. The van der Waals surface area contributed by atoms with Crippen LogP contribution in [0.3, 0.4) is 0 Å². The molecule has 3 unspecified atom stereocenters. The number of nitrogens with zero attached hydrogens (tertiary/aromatic N) is 2. The van der Waals surface area contributed by atoms with Crippen molar-refractivity contribution in [3.05, 3.63) is 17.3 Å². The third-order valence-electron chi connectivity index (χ3n) is 6.28. The van der Waals surface area contributed by atoms with Crippen molar-refractivity contribution in [1.29, 1.82) is 0 Å². The summed E-state index contributed by atoms with van der Waals surface area (Å²) in [5, 5.41) is 7.04. The highest BCUT2D eigenvalue weighted by Crippen LogP contribution is 2.60. The van der Waals surface area contributed by atoms with Gasteiger partial charge in [-0.25, -0.2) is 4.98 Å². The Balaban J connectivity index is 1.41. The number of aryl methyl sites for hydroxylation is 2. The lowest BCUT2D eigenvalue weighted by atomic mass is 9.54. The Kier molecular flexibility index (Phi) is 4.03. The lowest BCUT2D eigenvalue weighted by molar-refractivity contribution is -0.125. The average molecular weight is 332 g/mol. The van der Waals surface area contributed by atoms with E-state index in [1.165, 1.54) is 32.1 Å². The fourth-order valence-electron chi connectivity index (χ4n) is 5.02. The van der Waals surface area contributed by atoms with Crippen molar-refractivity contribution in [2.75, 3.05) is 13.7 Å². The summed E-state index contributed by atoms with van der Waals surface area (Å²) in [6, 6.07) is 0.478. The number of ether oxygens (including phenoxy) is 1. The Hall–Kier alpha value is -1.56. The first-order chi connectivity index (χ1) is 11.6. The molecule has 4 rings (SSSR count). The van der Waals surface area contributed by atoms with Gasteiger partial charge < -0.3 is 19.8 Å². The van der Waals surface area contributed by atoms with Crippen molar-refractivity contribution in [3.8, 4) is 0 Å². The smallest absolute Gasteiger partial charge is 0.214 e. The second-order valence-corrected chi connectivity index (χ2v) is 7.48. The molecule has 0 amide bonds. The highest BCUT2D eigenvalue weighted by molar-refractivity contribution is 5.80. The van der Waals surface area contributed by atoms with Crippen LogP contribution in [0.25, 0.3) is 0 Å². The number of hydrogen-bond donors (Lipinski definition) is 2. The van der Waals surface area contributed by atoms with Crippen LogP contribution in [0.4, 0.5) is 0 Å². The van der Waals surface area contributed by atoms with Crippen LogP contribution in [-0.4, -0.2) is 36.7 Å². The Morgan fingerprint density at radius 2 is 2.12 bits per heavy atom. The van der Waals surface area contributed by atoms with Gasteiger partial charge in [-0.05, 0) is 33.1 Å². The fraction of sp³-hybridized carbons (Fsp3) is 0.778. The minimum Gasteiger partial charge on any atom is -0.444 e. The van der Waals surface area contributed by atoms with Gasteiger partial charge in [0.1, 0.15) is 5.76 Å². The normalized spacial score (nSPS) is 31.1. The molecule has 1 aromatic heterocycles. The van der Waals surface area contributed by atoms with Crippen molar-refractivity contribution >= 4 is 5.96 Å². The topological polar surface area (TPSA) is 71.7 Å². The molecule has 1 spiro atoms. The first kappa shape index (κ1) is 15.9. The lowest BCUT2D eigenvalue weighted by Gasteiger charge is -2.57. The van der Waals surface area contributed by atoms with E-state index in [1.807, 2.05) is 20.9 Å². The second-order valence-electron chi connectivity index (χ2n) is 7.48. The SMILES string of the molecule is CN=C(NCc1nc(C)c(C)o1)NC1C2CCOC2C12CCCC2. The van der Waals surface area contributed by atoms with Crippen molar-refractivity contribution in [1.82, 2.24) is 15.6 Å². The van der Waals surface area contributed by atoms with Crippen LogP contribution < -0.4 is 10.6 Å². The minimum absolute atomic E-state index is 0.328. The molecule has 2 N–H and O–H groups in total. The van der Waals surface area contributed by atoms with Crippen LogP contribution in [0.2, 0.25) is 0 Å². The molecule has 3 atom stereocenters. The zero-order valence-electron chi connectivity index (χ0n) is 14.9. The molecule has 0 radical (unpaired) electrons. The van der Waals surface area contributed by atoms with E-state index in [-0.39, 0.29) is 0 Å².